The number of halogens is 1. The predicted octanol–water partition coefficient (Wildman–Crippen LogP) is 1.69. The van der Waals surface area contributed by atoms with Crippen molar-refractivity contribution >= 4 is 17.5 Å². The molecule has 116 valence electrons. The number of amides is 1. The van der Waals surface area contributed by atoms with E-state index < -0.39 is 6.10 Å². The summed E-state index contributed by atoms with van der Waals surface area (Å²) in [4.78, 5) is 14.4. The highest BCUT2D eigenvalue weighted by Crippen LogP contribution is 2.22. The van der Waals surface area contributed by atoms with Crippen LogP contribution in [0.25, 0.3) is 0 Å². The fourth-order valence-electron chi connectivity index (χ4n) is 2.15. The van der Waals surface area contributed by atoms with Crippen LogP contribution in [0.1, 0.15) is 12.5 Å². The molecule has 0 spiro atoms. The molecule has 5 nitrogen and oxygen atoms in total. The molecule has 21 heavy (non-hydrogen) atoms. The fraction of sp³-hybridized carbons (Fsp3) is 0.533. The minimum absolute atomic E-state index is 0.131. The maximum absolute atomic E-state index is 12.2. The zero-order valence-electron chi connectivity index (χ0n) is 12.7. The summed E-state index contributed by atoms with van der Waals surface area (Å²) in [6, 6.07) is 5.37. The molecule has 0 aliphatic carbocycles. The van der Waals surface area contributed by atoms with Crippen molar-refractivity contribution in [1.29, 1.82) is 0 Å². The molecular formula is C15H22ClN3O2. The number of hydrogen-bond donors (Lipinski definition) is 1. The number of carbonyl (C=O) groups is 1. The number of carbonyl (C=O) groups excluding carboxylic acids is 1. The van der Waals surface area contributed by atoms with E-state index in [1.54, 1.807) is 19.1 Å². The minimum atomic E-state index is -0.551. The summed E-state index contributed by atoms with van der Waals surface area (Å²) >= 11 is 5.91. The van der Waals surface area contributed by atoms with Gasteiger partial charge in [-0.3, -0.25) is 10.2 Å². The van der Waals surface area contributed by atoms with E-state index in [1.807, 2.05) is 18.0 Å². The normalized spacial score (nSPS) is 18.3. The Morgan fingerprint density at radius 2 is 2.00 bits per heavy atom. The van der Waals surface area contributed by atoms with Crippen LogP contribution in [-0.4, -0.2) is 55.1 Å². The zero-order chi connectivity index (χ0) is 15.4. The van der Waals surface area contributed by atoms with E-state index >= 15 is 0 Å². The van der Waals surface area contributed by atoms with E-state index in [4.69, 9.17) is 16.3 Å². The number of piperazine rings is 1. The molecule has 0 saturated carbocycles. The molecule has 0 radical (unpaired) electrons. The number of hydrogen-bond acceptors (Lipinski definition) is 4. The van der Waals surface area contributed by atoms with Crippen molar-refractivity contribution in [2.24, 2.45) is 0 Å². The third-order valence-electron chi connectivity index (χ3n) is 3.58. The number of rotatable bonds is 4. The van der Waals surface area contributed by atoms with Crippen LogP contribution in [-0.2, 0) is 4.79 Å². The molecule has 6 heteroatoms. The van der Waals surface area contributed by atoms with Crippen LogP contribution in [0.4, 0.5) is 0 Å². The second-order valence-electron chi connectivity index (χ2n) is 5.44. The lowest BCUT2D eigenvalue weighted by Gasteiger charge is -2.33. The Bertz CT molecular complexity index is 502. The van der Waals surface area contributed by atoms with Crippen LogP contribution >= 0.6 is 11.6 Å². The molecule has 1 saturated heterocycles. The topological polar surface area (TPSA) is 44.8 Å². The van der Waals surface area contributed by atoms with Crippen molar-refractivity contribution < 1.29 is 9.53 Å². The summed E-state index contributed by atoms with van der Waals surface area (Å²) in [5.74, 6) is 0.550. The number of benzene rings is 1. The van der Waals surface area contributed by atoms with Gasteiger partial charge in [0.2, 0.25) is 0 Å². The summed E-state index contributed by atoms with van der Waals surface area (Å²) < 4.78 is 5.72. The molecule has 1 amide bonds. The van der Waals surface area contributed by atoms with Gasteiger partial charge in [0.05, 0.1) is 0 Å². The molecule has 1 aliphatic rings. The van der Waals surface area contributed by atoms with Crippen LogP contribution in [0.2, 0.25) is 5.02 Å². The van der Waals surface area contributed by atoms with Crippen molar-refractivity contribution in [3.8, 4) is 5.75 Å². The number of ether oxygens (including phenoxy) is 1. The Morgan fingerprint density at radius 3 is 2.62 bits per heavy atom. The molecule has 1 atom stereocenters. The van der Waals surface area contributed by atoms with Gasteiger partial charge in [0, 0.05) is 31.2 Å². The number of nitrogens with one attached hydrogen (secondary N) is 1. The smallest absolute Gasteiger partial charge is 0.275 e. The third kappa shape index (κ3) is 4.59. The quantitative estimate of drug-likeness (QED) is 0.919. The molecular weight excluding hydrogens is 290 g/mol. The van der Waals surface area contributed by atoms with Crippen molar-refractivity contribution in [3.05, 3.63) is 28.8 Å². The number of nitrogens with zero attached hydrogens (tertiary/aromatic N) is 2. The zero-order valence-corrected chi connectivity index (χ0v) is 13.5. The van der Waals surface area contributed by atoms with Gasteiger partial charge in [-0.25, -0.2) is 5.01 Å². The second kappa shape index (κ2) is 7.11. The van der Waals surface area contributed by atoms with Crippen LogP contribution in [0.5, 0.6) is 5.75 Å². The standard InChI is InChI=1S/C15H22ClN3O2/c1-11-10-13(16)4-5-14(11)21-12(2)15(20)17-19-8-6-18(3)7-9-19/h4-5,10,12H,6-9H2,1-3H3,(H,17,20)/t12-/m0/s1. The Labute approximate surface area is 130 Å². The summed E-state index contributed by atoms with van der Waals surface area (Å²) in [5.41, 5.74) is 3.83. The molecule has 1 aromatic rings. The van der Waals surface area contributed by atoms with Gasteiger partial charge in [-0.2, -0.15) is 0 Å². The molecule has 1 heterocycles. The lowest BCUT2D eigenvalue weighted by molar-refractivity contribution is -0.133. The first-order valence-corrected chi connectivity index (χ1v) is 7.50. The van der Waals surface area contributed by atoms with Crippen LogP contribution in [0.15, 0.2) is 18.2 Å². The first-order valence-electron chi connectivity index (χ1n) is 7.12. The lowest BCUT2D eigenvalue weighted by atomic mass is 10.2. The molecule has 1 fully saturated rings. The van der Waals surface area contributed by atoms with Crippen molar-refractivity contribution in [3.63, 3.8) is 0 Å². The highest BCUT2D eigenvalue weighted by molar-refractivity contribution is 6.30. The van der Waals surface area contributed by atoms with Crippen molar-refractivity contribution in [1.82, 2.24) is 15.3 Å². The number of hydrazine groups is 1. The average Bonchev–Trinajstić information content (AvgIpc) is 2.44. The first kappa shape index (κ1) is 16.1. The second-order valence-corrected chi connectivity index (χ2v) is 5.87. The van der Waals surface area contributed by atoms with E-state index in [0.717, 1.165) is 31.7 Å². The van der Waals surface area contributed by atoms with Gasteiger partial charge >= 0.3 is 0 Å². The Morgan fingerprint density at radius 1 is 1.33 bits per heavy atom. The van der Waals surface area contributed by atoms with Gasteiger partial charge in [0.25, 0.3) is 5.91 Å². The highest BCUT2D eigenvalue weighted by Gasteiger charge is 2.20. The lowest BCUT2D eigenvalue weighted by Crippen LogP contribution is -2.54. The largest absolute Gasteiger partial charge is 0.481 e. The SMILES string of the molecule is Cc1cc(Cl)ccc1O[C@@H](C)C(=O)NN1CCN(C)CC1. The van der Waals surface area contributed by atoms with Gasteiger partial charge in [-0.15, -0.1) is 0 Å². The van der Waals surface area contributed by atoms with E-state index in [2.05, 4.69) is 17.4 Å². The van der Waals surface area contributed by atoms with Gasteiger partial charge < -0.3 is 9.64 Å². The number of aryl methyl sites for hydroxylation is 1. The molecule has 1 aliphatic heterocycles. The van der Waals surface area contributed by atoms with Crippen molar-refractivity contribution in [2.75, 3.05) is 33.2 Å². The Kier molecular flexibility index (Phi) is 5.45. The molecule has 1 N–H and O–H groups in total. The monoisotopic (exact) mass is 311 g/mol. The molecule has 2 rings (SSSR count). The maximum Gasteiger partial charge on any atom is 0.275 e. The highest BCUT2D eigenvalue weighted by atomic mass is 35.5. The Hall–Kier alpha value is -1.30. The summed E-state index contributed by atoms with van der Waals surface area (Å²) in [6.45, 7) is 7.22. The van der Waals surface area contributed by atoms with Crippen LogP contribution in [0, 0.1) is 6.92 Å². The average molecular weight is 312 g/mol. The van der Waals surface area contributed by atoms with Gasteiger partial charge in [0.1, 0.15) is 5.75 Å². The van der Waals surface area contributed by atoms with Gasteiger partial charge in [-0.1, -0.05) is 11.6 Å². The fourth-order valence-corrected chi connectivity index (χ4v) is 2.38. The molecule has 0 aromatic heterocycles. The van der Waals surface area contributed by atoms with Crippen molar-refractivity contribution in [2.45, 2.75) is 20.0 Å². The third-order valence-corrected chi connectivity index (χ3v) is 3.82. The van der Waals surface area contributed by atoms with Crippen LogP contribution < -0.4 is 10.2 Å². The van der Waals surface area contributed by atoms with E-state index in [0.29, 0.717) is 10.8 Å². The summed E-state index contributed by atoms with van der Waals surface area (Å²) in [6.07, 6.45) is -0.551. The maximum atomic E-state index is 12.2. The molecule has 1 aromatic carbocycles. The van der Waals surface area contributed by atoms with E-state index in [9.17, 15) is 4.79 Å². The summed E-state index contributed by atoms with van der Waals surface area (Å²) in [7, 11) is 2.08. The van der Waals surface area contributed by atoms with E-state index in [-0.39, 0.29) is 5.91 Å². The first-order chi connectivity index (χ1) is 9.95. The number of likely N-dealkylation sites (N-methyl/N-ethyl adjacent to an activating group) is 1. The van der Waals surface area contributed by atoms with Crippen LogP contribution in [0.3, 0.4) is 0 Å². The van der Waals surface area contributed by atoms with Gasteiger partial charge in [-0.05, 0) is 44.7 Å². The molecule has 0 bridgehead atoms. The van der Waals surface area contributed by atoms with E-state index in [1.165, 1.54) is 0 Å². The molecule has 0 unspecified atom stereocenters. The van der Waals surface area contributed by atoms with Gasteiger partial charge in [0.15, 0.2) is 6.10 Å². The predicted molar refractivity (Wildman–Crippen MR) is 83.5 cm³/mol. The Balaban J connectivity index is 1.87. The summed E-state index contributed by atoms with van der Waals surface area (Å²) in [5, 5.41) is 2.60. The minimum Gasteiger partial charge on any atom is -0.481 e.